The number of nitrogens with zero attached hydrogens (tertiary/aromatic N) is 2. The predicted octanol–water partition coefficient (Wildman–Crippen LogP) is 6.62. The molecule has 0 N–H and O–H groups in total. The van der Waals surface area contributed by atoms with E-state index in [2.05, 4.69) is 37.5 Å². The van der Waals surface area contributed by atoms with Crippen LogP contribution >= 0.6 is 24.4 Å². The van der Waals surface area contributed by atoms with E-state index in [0.29, 0.717) is 8.64 Å². The molecule has 0 aromatic carbocycles. The van der Waals surface area contributed by atoms with Gasteiger partial charge in [0.2, 0.25) is 0 Å². The first-order valence-electron chi connectivity index (χ1n) is 11.4. The molecule has 0 saturated heterocycles. The minimum atomic E-state index is 0. The number of hydrogen-bond donors (Lipinski definition) is 0. The Hall–Kier alpha value is 1.48. The Morgan fingerprint density at radius 1 is 0.517 bits per heavy atom. The molecule has 0 aliphatic heterocycles. The van der Waals surface area contributed by atoms with E-state index in [1.54, 1.807) is 0 Å². The second-order valence-corrected chi connectivity index (χ2v) is 9.40. The topological polar surface area (TPSA) is 6.48 Å². The molecule has 0 atom stereocenters. The fourth-order valence-electron chi connectivity index (χ4n) is 2.80. The second-order valence-electron chi connectivity index (χ2n) is 7.33. The number of thiocarbonyl (C=S) groups is 2. The van der Waals surface area contributed by atoms with Crippen LogP contribution in [0, 0.1) is 0 Å². The first-order valence-corrected chi connectivity index (χ1v) is 13.0. The molecule has 0 aromatic heterocycles. The summed E-state index contributed by atoms with van der Waals surface area (Å²) in [5, 5.41) is 0. The van der Waals surface area contributed by atoms with E-state index in [0.717, 1.165) is 26.2 Å². The number of hydrogen-bond acceptors (Lipinski definition) is 4. The summed E-state index contributed by atoms with van der Waals surface area (Å²) < 4.78 is 1.30. The molecule has 0 aliphatic carbocycles. The van der Waals surface area contributed by atoms with Crippen LogP contribution in [0.2, 0.25) is 0 Å². The summed E-state index contributed by atoms with van der Waals surface area (Å²) in [6.07, 6.45) is 15.0. The van der Waals surface area contributed by atoms with Gasteiger partial charge in [-0.2, -0.15) is 0 Å². The van der Waals surface area contributed by atoms with Crippen LogP contribution in [0.25, 0.3) is 0 Å². The van der Waals surface area contributed by atoms with E-state index < -0.39 is 0 Å². The molecule has 0 radical (unpaired) electrons. The second kappa shape index (κ2) is 27.5. The quantitative estimate of drug-likeness (QED) is 0.100. The van der Waals surface area contributed by atoms with Gasteiger partial charge in [-0.05, 0) is 25.7 Å². The Labute approximate surface area is 234 Å². The van der Waals surface area contributed by atoms with E-state index >= 15 is 0 Å². The van der Waals surface area contributed by atoms with Crippen molar-refractivity contribution in [3.8, 4) is 0 Å². The van der Waals surface area contributed by atoms with Gasteiger partial charge in [-0.1, -0.05) is 87.7 Å². The van der Waals surface area contributed by atoms with Crippen molar-refractivity contribution in [2.45, 2.75) is 105 Å². The SMILES string of the molecule is CCCCCN(CCCCC)C(=S)[S-].CCCCCN(CCCCC)C(=S)[S-].[Ca+2]. The maximum absolute atomic E-state index is 5.06. The van der Waals surface area contributed by atoms with Crippen molar-refractivity contribution < 1.29 is 0 Å². The average molecular weight is 505 g/mol. The van der Waals surface area contributed by atoms with Gasteiger partial charge < -0.3 is 59.5 Å². The molecule has 29 heavy (non-hydrogen) atoms. The summed E-state index contributed by atoms with van der Waals surface area (Å²) in [7, 11) is 0. The zero-order valence-corrected chi connectivity index (χ0v) is 25.0. The Morgan fingerprint density at radius 3 is 0.862 bits per heavy atom. The van der Waals surface area contributed by atoms with E-state index in [-0.39, 0.29) is 37.7 Å². The molecule has 0 spiro atoms. The van der Waals surface area contributed by atoms with Gasteiger partial charge in [0.1, 0.15) is 0 Å². The van der Waals surface area contributed by atoms with Crippen LogP contribution in [0.4, 0.5) is 0 Å². The van der Waals surface area contributed by atoms with Gasteiger partial charge in [-0.15, -0.1) is 0 Å². The monoisotopic (exact) mass is 504 g/mol. The van der Waals surface area contributed by atoms with Crippen molar-refractivity contribution in [3.05, 3.63) is 0 Å². The third kappa shape index (κ3) is 25.6. The summed E-state index contributed by atoms with van der Waals surface area (Å²) in [5.74, 6) is 0. The molecule has 0 rings (SSSR count). The van der Waals surface area contributed by atoms with Gasteiger partial charge in [0.25, 0.3) is 0 Å². The Kier molecular flexibility index (Phi) is 33.3. The van der Waals surface area contributed by atoms with Crippen molar-refractivity contribution in [1.82, 2.24) is 9.80 Å². The predicted molar refractivity (Wildman–Crippen MR) is 147 cm³/mol. The van der Waals surface area contributed by atoms with Gasteiger partial charge in [0.05, 0.1) is 0 Å². The minimum Gasteiger partial charge on any atom is -0.411 e. The standard InChI is InChI=1S/2C11H23NS2.Ca/c2*1-3-5-7-9-12(11(13)14)10-8-6-4-2;/h2*3-10H2,1-2H3,(H,13,14);/q;;+2/p-2. The molecule has 0 heterocycles. The largest absolute Gasteiger partial charge is 2.00 e. The minimum absolute atomic E-state index is 0. The van der Waals surface area contributed by atoms with E-state index in [4.69, 9.17) is 49.7 Å². The van der Waals surface area contributed by atoms with Crippen LogP contribution < -0.4 is 0 Å². The molecule has 0 saturated carbocycles. The summed E-state index contributed by atoms with van der Waals surface area (Å²) in [4.78, 5) is 4.35. The number of rotatable bonds is 16. The summed E-state index contributed by atoms with van der Waals surface area (Å²) >= 11 is 20.2. The fourth-order valence-corrected chi connectivity index (χ4v) is 3.53. The van der Waals surface area contributed by atoms with Crippen molar-refractivity contribution in [3.63, 3.8) is 0 Å². The summed E-state index contributed by atoms with van der Waals surface area (Å²) in [6.45, 7) is 13.1. The summed E-state index contributed by atoms with van der Waals surface area (Å²) in [5.41, 5.74) is 0. The molecule has 0 amide bonds. The first-order chi connectivity index (χ1) is 13.4. The smallest absolute Gasteiger partial charge is 0.411 e. The molecule has 168 valence electrons. The maximum atomic E-state index is 5.06. The normalized spacial score (nSPS) is 9.79. The molecule has 0 fully saturated rings. The van der Waals surface area contributed by atoms with Crippen LogP contribution in [0.1, 0.15) is 105 Å². The van der Waals surface area contributed by atoms with Crippen molar-refractivity contribution in [1.29, 1.82) is 0 Å². The third-order valence-corrected chi connectivity index (χ3v) is 5.68. The molecule has 7 heteroatoms. The molecule has 0 aliphatic rings. The Morgan fingerprint density at radius 2 is 0.724 bits per heavy atom. The van der Waals surface area contributed by atoms with E-state index in [1.165, 1.54) is 77.0 Å². The number of unbranched alkanes of at least 4 members (excludes halogenated alkanes) is 8. The molecule has 0 unspecified atom stereocenters. The van der Waals surface area contributed by atoms with Crippen molar-refractivity contribution >= 4 is 96.1 Å². The first kappa shape index (κ1) is 35.1. The van der Waals surface area contributed by atoms with Crippen LogP contribution in [-0.4, -0.2) is 82.4 Å². The molecular weight excluding hydrogens is 461 g/mol. The Bertz CT molecular complexity index is 317. The Balaban J connectivity index is -0.000000451. The van der Waals surface area contributed by atoms with Crippen molar-refractivity contribution in [2.24, 2.45) is 0 Å². The zero-order chi connectivity index (χ0) is 21.6. The van der Waals surface area contributed by atoms with Crippen LogP contribution in [0.15, 0.2) is 0 Å². The molecule has 0 aromatic rings. The van der Waals surface area contributed by atoms with E-state index in [1.807, 2.05) is 0 Å². The molecule has 0 bridgehead atoms. The third-order valence-electron chi connectivity index (χ3n) is 4.64. The van der Waals surface area contributed by atoms with Gasteiger partial charge >= 0.3 is 37.7 Å². The van der Waals surface area contributed by atoms with Gasteiger partial charge in [0.15, 0.2) is 0 Å². The fraction of sp³-hybridized carbons (Fsp3) is 0.909. The zero-order valence-electron chi connectivity index (χ0n) is 19.5. The van der Waals surface area contributed by atoms with Crippen LogP contribution in [0.3, 0.4) is 0 Å². The van der Waals surface area contributed by atoms with Gasteiger partial charge in [-0.25, -0.2) is 0 Å². The average Bonchev–Trinajstić information content (AvgIpc) is 2.66. The van der Waals surface area contributed by atoms with Crippen molar-refractivity contribution in [2.75, 3.05) is 26.2 Å². The van der Waals surface area contributed by atoms with Crippen LogP contribution in [0.5, 0.6) is 0 Å². The van der Waals surface area contributed by atoms with E-state index in [9.17, 15) is 0 Å². The summed E-state index contributed by atoms with van der Waals surface area (Å²) in [6, 6.07) is 0. The van der Waals surface area contributed by atoms with Gasteiger partial charge in [-0.3, -0.25) is 0 Å². The molecular formula is C22H44CaN2S4. The molecule has 2 nitrogen and oxygen atoms in total. The van der Waals surface area contributed by atoms with Crippen LogP contribution in [-0.2, 0) is 25.3 Å². The van der Waals surface area contributed by atoms with Gasteiger partial charge in [0, 0.05) is 26.2 Å². The maximum Gasteiger partial charge on any atom is 2.00 e.